The number of hydrogen-bond acceptors (Lipinski definition) is 4. The van der Waals surface area contributed by atoms with Crippen molar-refractivity contribution in [2.75, 3.05) is 6.54 Å². The second-order valence-electron chi connectivity index (χ2n) is 4.70. The number of carbonyl (C=O) groups excluding carboxylic acids is 2. The van der Waals surface area contributed by atoms with Crippen LogP contribution in [0.25, 0.3) is 0 Å². The van der Waals surface area contributed by atoms with E-state index < -0.39 is 11.7 Å². The molecular weight excluding hydrogens is 222 g/mol. The van der Waals surface area contributed by atoms with Crippen LogP contribution in [0.4, 0.5) is 4.79 Å². The molecule has 0 spiro atoms. The molecule has 0 fully saturated rings. The van der Waals surface area contributed by atoms with Gasteiger partial charge in [0.25, 0.3) is 0 Å². The van der Waals surface area contributed by atoms with Crippen LogP contribution in [0.5, 0.6) is 0 Å². The van der Waals surface area contributed by atoms with Gasteiger partial charge in [0.05, 0.1) is 19.1 Å². The molecule has 5 nitrogen and oxygen atoms in total. The van der Waals surface area contributed by atoms with Crippen molar-refractivity contribution in [3.8, 4) is 0 Å². The molecule has 0 radical (unpaired) electrons. The Balaban J connectivity index is 2.26. The summed E-state index contributed by atoms with van der Waals surface area (Å²) < 4.78 is 9.85. The lowest BCUT2D eigenvalue weighted by molar-refractivity contribution is -0.117. The summed E-state index contributed by atoms with van der Waals surface area (Å²) >= 11 is 0. The molecule has 1 rings (SSSR count). The highest BCUT2D eigenvalue weighted by Gasteiger charge is 2.16. The number of ether oxygens (including phenoxy) is 1. The lowest BCUT2D eigenvalue weighted by atomic mass is 10.2. The molecule has 17 heavy (non-hydrogen) atoms. The van der Waals surface area contributed by atoms with Gasteiger partial charge in [0.2, 0.25) is 0 Å². The van der Waals surface area contributed by atoms with Crippen molar-refractivity contribution < 1.29 is 18.7 Å². The smallest absolute Gasteiger partial charge is 0.408 e. The molecule has 0 aromatic carbocycles. The van der Waals surface area contributed by atoms with Gasteiger partial charge >= 0.3 is 6.09 Å². The van der Waals surface area contributed by atoms with Gasteiger partial charge in [-0.1, -0.05) is 0 Å². The fraction of sp³-hybridized carbons (Fsp3) is 0.500. The van der Waals surface area contributed by atoms with Crippen LogP contribution in [0.15, 0.2) is 23.0 Å². The van der Waals surface area contributed by atoms with E-state index in [2.05, 4.69) is 5.32 Å². The van der Waals surface area contributed by atoms with Gasteiger partial charge in [-0.3, -0.25) is 4.79 Å². The first-order chi connectivity index (χ1) is 7.87. The van der Waals surface area contributed by atoms with Gasteiger partial charge in [-0.25, -0.2) is 4.79 Å². The molecule has 1 aromatic heterocycles. The summed E-state index contributed by atoms with van der Waals surface area (Å²) in [5.74, 6) is -0.0998. The molecule has 0 atom stereocenters. The second kappa shape index (κ2) is 5.52. The highest BCUT2D eigenvalue weighted by atomic mass is 16.6. The van der Waals surface area contributed by atoms with E-state index in [4.69, 9.17) is 9.15 Å². The van der Waals surface area contributed by atoms with E-state index in [1.165, 1.54) is 12.5 Å². The van der Waals surface area contributed by atoms with Crippen LogP contribution in [0.3, 0.4) is 0 Å². The number of nitrogens with one attached hydrogen (secondary N) is 1. The quantitative estimate of drug-likeness (QED) is 0.871. The van der Waals surface area contributed by atoms with Gasteiger partial charge in [0.15, 0.2) is 5.78 Å². The number of hydrogen-bond donors (Lipinski definition) is 1. The Bertz CT molecular complexity index is 376. The van der Waals surface area contributed by atoms with Crippen LogP contribution in [0.1, 0.15) is 26.3 Å². The van der Waals surface area contributed by atoms with E-state index in [1.807, 2.05) is 0 Å². The van der Waals surface area contributed by atoms with E-state index in [9.17, 15) is 9.59 Å². The van der Waals surface area contributed by atoms with E-state index in [0.717, 1.165) is 5.56 Å². The minimum absolute atomic E-state index is 0.0416. The van der Waals surface area contributed by atoms with E-state index in [0.29, 0.717) is 0 Å². The standard InChI is InChI=1S/C12H17NO4/c1-12(2,3)17-11(15)13-7-10(14)6-9-4-5-16-8-9/h4-5,8H,6-7H2,1-3H3,(H,13,15). The molecule has 0 bridgehead atoms. The van der Waals surface area contributed by atoms with Crippen molar-refractivity contribution in [1.29, 1.82) is 0 Å². The Labute approximate surface area is 100 Å². The molecule has 0 aliphatic heterocycles. The summed E-state index contributed by atoms with van der Waals surface area (Å²) in [6, 6.07) is 1.71. The number of carbonyl (C=O) groups is 2. The third kappa shape index (κ3) is 5.75. The normalized spacial score (nSPS) is 11.0. The zero-order chi connectivity index (χ0) is 12.9. The van der Waals surface area contributed by atoms with Crippen LogP contribution in [0, 0.1) is 0 Å². The largest absolute Gasteiger partial charge is 0.472 e. The fourth-order valence-electron chi connectivity index (χ4n) is 1.17. The number of rotatable bonds is 4. The van der Waals surface area contributed by atoms with Gasteiger partial charge in [-0.15, -0.1) is 0 Å². The minimum Gasteiger partial charge on any atom is -0.472 e. The molecule has 0 saturated carbocycles. The number of Topliss-reactive ketones (excluding diaryl/α,β-unsaturated/α-hetero) is 1. The Morgan fingerprint density at radius 2 is 2.12 bits per heavy atom. The van der Waals surface area contributed by atoms with Crippen LogP contribution >= 0.6 is 0 Å². The predicted molar refractivity (Wildman–Crippen MR) is 61.7 cm³/mol. The Hall–Kier alpha value is -1.78. The highest BCUT2D eigenvalue weighted by molar-refractivity contribution is 5.85. The second-order valence-corrected chi connectivity index (χ2v) is 4.70. The van der Waals surface area contributed by atoms with Crippen LogP contribution < -0.4 is 5.32 Å². The molecule has 0 aliphatic carbocycles. The number of amides is 1. The zero-order valence-electron chi connectivity index (χ0n) is 10.3. The monoisotopic (exact) mass is 239 g/mol. The summed E-state index contributed by atoms with van der Waals surface area (Å²) in [6.45, 7) is 5.25. The Morgan fingerprint density at radius 1 is 1.41 bits per heavy atom. The SMILES string of the molecule is CC(C)(C)OC(=O)NCC(=O)Cc1ccoc1. The molecule has 1 N–H and O–H groups in total. The fourth-order valence-corrected chi connectivity index (χ4v) is 1.17. The molecular formula is C12H17NO4. The van der Waals surface area contributed by atoms with E-state index >= 15 is 0 Å². The summed E-state index contributed by atoms with van der Waals surface area (Å²) in [7, 11) is 0. The van der Waals surface area contributed by atoms with Crippen molar-refractivity contribution in [3.63, 3.8) is 0 Å². The number of ketones is 1. The summed E-state index contributed by atoms with van der Waals surface area (Å²) in [5.41, 5.74) is 0.235. The molecule has 1 amide bonds. The molecule has 94 valence electrons. The van der Waals surface area contributed by atoms with E-state index in [-0.39, 0.29) is 18.7 Å². The molecule has 5 heteroatoms. The minimum atomic E-state index is -0.585. The van der Waals surface area contributed by atoms with Crippen LogP contribution in [-0.2, 0) is 16.0 Å². The topological polar surface area (TPSA) is 68.5 Å². The molecule has 0 aliphatic rings. The third-order valence-electron chi connectivity index (χ3n) is 1.81. The first kappa shape index (κ1) is 13.3. The van der Waals surface area contributed by atoms with Crippen molar-refractivity contribution in [1.82, 2.24) is 5.32 Å². The van der Waals surface area contributed by atoms with Crippen LogP contribution in [0.2, 0.25) is 0 Å². The maximum atomic E-state index is 11.5. The molecule has 1 aromatic rings. The van der Waals surface area contributed by atoms with Crippen molar-refractivity contribution in [2.45, 2.75) is 32.8 Å². The lowest BCUT2D eigenvalue weighted by Crippen LogP contribution is -2.35. The third-order valence-corrected chi connectivity index (χ3v) is 1.81. The Morgan fingerprint density at radius 3 is 2.65 bits per heavy atom. The average Bonchev–Trinajstić information content (AvgIpc) is 2.64. The summed E-state index contributed by atoms with van der Waals surface area (Å²) in [4.78, 5) is 22.7. The number of furan rings is 1. The van der Waals surface area contributed by atoms with Crippen LogP contribution in [-0.4, -0.2) is 24.0 Å². The van der Waals surface area contributed by atoms with Crippen molar-refractivity contribution >= 4 is 11.9 Å². The van der Waals surface area contributed by atoms with Crippen molar-refractivity contribution in [2.24, 2.45) is 0 Å². The van der Waals surface area contributed by atoms with Crippen molar-refractivity contribution in [3.05, 3.63) is 24.2 Å². The summed E-state index contributed by atoms with van der Waals surface area (Å²) in [6.07, 6.45) is 2.67. The molecule has 1 heterocycles. The summed E-state index contributed by atoms with van der Waals surface area (Å²) in [5, 5.41) is 2.41. The average molecular weight is 239 g/mol. The predicted octanol–water partition coefficient (Wildman–Crippen LogP) is 1.92. The van der Waals surface area contributed by atoms with E-state index in [1.54, 1.807) is 26.8 Å². The first-order valence-electron chi connectivity index (χ1n) is 5.36. The van der Waals surface area contributed by atoms with Gasteiger partial charge in [0.1, 0.15) is 5.60 Å². The lowest BCUT2D eigenvalue weighted by Gasteiger charge is -2.19. The maximum absolute atomic E-state index is 11.5. The zero-order valence-corrected chi connectivity index (χ0v) is 10.3. The van der Waals surface area contributed by atoms with Gasteiger partial charge in [-0.05, 0) is 32.4 Å². The Kier molecular flexibility index (Phi) is 4.31. The number of alkyl carbamates (subject to hydrolysis) is 1. The maximum Gasteiger partial charge on any atom is 0.408 e. The van der Waals surface area contributed by atoms with Gasteiger partial charge < -0.3 is 14.5 Å². The molecule has 0 unspecified atom stereocenters. The van der Waals surface area contributed by atoms with Gasteiger partial charge in [-0.2, -0.15) is 0 Å². The molecule has 0 saturated heterocycles. The van der Waals surface area contributed by atoms with Gasteiger partial charge in [0, 0.05) is 6.42 Å². The first-order valence-corrected chi connectivity index (χ1v) is 5.36. The highest BCUT2D eigenvalue weighted by Crippen LogP contribution is 2.06.